The fourth-order valence-electron chi connectivity index (χ4n) is 1.92. The highest BCUT2D eigenvalue weighted by Crippen LogP contribution is 2.42. The normalized spacial score (nSPS) is 19.2. The summed E-state index contributed by atoms with van der Waals surface area (Å²) in [4.78, 5) is 0. The van der Waals surface area contributed by atoms with Gasteiger partial charge in [-0.05, 0) is 18.2 Å². The summed E-state index contributed by atoms with van der Waals surface area (Å²) in [6, 6.07) is 9.28. The minimum absolute atomic E-state index is 0.292. The predicted octanol–water partition coefficient (Wildman–Crippen LogP) is 5.17. The minimum atomic E-state index is -0.399. The largest absolute Gasteiger partial charge is 0.486 e. The van der Waals surface area contributed by atoms with Crippen molar-refractivity contribution in [2.24, 2.45) is 0 Å². The van der Waals surface area contributed by atoms with Crippen LogP contribution in [0.4, 0.5) is 0 Å². The molecule has 2 nitrogen and oxygen atoms in total. The molecular weight excluding hydrogens is 327 g/mol. The first-order valence-electron chi connectivity index (χ1n) is 5.62. The Morgan fingerprint density at radius 1 is 1.21 bits per heavy atom. The van der Waals surface area contributed by atoms with E-state index in [1.54, 1.807) is 6.07 Å². The van der Waals surface area contributed by atoms with Crippen LogP contribution in [0, 0.1) is 0 Å². The number of ether oxygens (including phenoxy) is 2. The van der Waals surface area contributed by atoms with Crippen molar-refractivity contribution in [1.29, 1.82) is 0 Å². The fourth-order valence-corrected chi connectivity index (χ4v) is 3.89. The molecule has 0 fully saturated rings. The van der Waals surface area contributed by atoms with Gasteiger partial charge in [0, 0.05) is 5.56 Å². The molecule has 1 aromatic heterocycles. The second kappa shape index (κ2) is 5.41. The highest BCUT2D eigenvalue weighted by atomic mass is 35.5. The molecule has 0 saturated heterocycles. The van der Waals surface area contributed by atoms with Crippen molar-refractivity contribution in [3.63, 3.8) is 0 Å². The van der Waals surface area contributed by atoms with Gasteiger partial charge in [0.15, 0.2) is 17.6 Å². The van der Waals surface area contributed by atoms with Gasteiger partial charge in [-0.25, -0.2) is 0 Å². The molecule has 0 N–H and O–H groups in total. The molecule has 0 spiro atoms. The van der Waals surface area contributed by atoms with Crippen LogP contribution >= 0.6 is 46.1 Å². The van der Waals surface area contributed by atoms with Gasteiger partial charge < -0.3 is 9.47 Å². The quantitative estimate of drug-likeness (QED) is 0.704. The standard InChI is InChI=1S/C13H9Cl3O2S/c14-11-5-7(13(16)19-11)12(15)10-6-17-8-3-1-2-4-9(8)18-10/h1-5,10,12H,6H2. The van der Waals surface area contributed by atoms with Crippen LogP contribution in [0.25, 0.3) is 0 Å². The van der Waals surface area contributed by atoms with Crippen LogP contribution in [-0.4, -0.2) is 12.7 Å². The molecule has 0 aliphatic carbocycles. The number of para-hydroxylation sites is 2. The maximum Gasteiger partial charge on any atom is 0.161 e. The van der Waals surface area contributed by atoms with E-state index in [0.717, 1.165) is 11.3 Å². The summed E-state index contributed by atoms with van der Waals surface area (Å²) < 4.78 is 12.7. The molecular formula is C13H9Cl3O2S. The molecule has 2 aromatic rings. The van der Waals surface area contributed by atoms with E-state index in [9.17, 15) is 0 Å². The van der Waals surface area contributed by atoms with Crippen molar-refractivity contribution in [3.8, 4) is 11.5 Å². The minimum Gasteiger partial charge on any atom is -0.486 e. The lowest BCUT2D eigenvalue weighted by Crippen LogP contribution is -2.32. The van der Waals surface area contributed by atoms with Crippen LogP contribution < -0.4 is 9.47 Å². The Bertz CT molecular complexity index is 599. The number of hydrogen-bond acceptors (Lipinski definition) is 3. The Balaban J connectivity index is 1.83. The van der Waals surface area contributed by atoms with Crippen molar-refractivity contribution < 1.29 is 9.47 Å². The van der Waals surface area contributed by atoms with Crippen LogP contribution in [-0.2, 0) is 0 Å². The number of benzene rings is 1. The van der Waals surface area contributed by atoms with Crippen molar-refractivity contribution in [2.75, 3.05) is 6.61 Å². The van der Waals surface area contributed by atoms with E-state index in [4.69, 9.17) is 44.3 Å². The maximum atomic E-state index is 6.43. The molecule has 1 aromatic carbocycles. The van der Waals surface area contributed by atoms with Crippen LogP contribution in [0.2, 0.25) is 8.67 Å². The van der Waals surface area contributed by atoms with E-state index in [1.165, 1.54) is 11.3 Å². The number of hydrogen-bond donors (Lipinski definition) is 0. The predicted molar refractivity (Wildman–Crippen MR) is 79.3 cm³/mol. The first-order valence-corrected chi connectivity index (χ1v) is 7.63. The van der Waals surface area contributed by atoms with Crippen LogP contribution in [0.1, 0.15) is 10.9 Å². The van der Waals surface area contributed by atoms with Gasteiger partial charge in [-0.2, -0.15) is 0 Å². The second-order valence-corrected chi connectivity index (χ2v) is 6.85. The lowest BCUT2D eigenvalue weighted by Gasteiger charge is -2.29. The topological polar surface area (TPSA) is 18.5 Å². The van der Waals surface area contributed by atoms with Gasteiger partial charge >= 0.3 is 0 Å². The summed E-state index contributed by atoms with van der Waals surface area (Å²) >= 11 is 19.8. The Morgan fingerprint density at radius 2 is 1.95 bits per heavy atom. The summed E-state index contributed by atoms with van der Waals surface area (Å²) in [5.41, 5.74) is 0.784. The highest BCUT2D eigenvalue weighted by Gasteiger charge is 2.30. The summed E-state index contributed by atoms with van der Waals surface area (Å²) in [5.74, 6) is 1.43. The SMILES string of the molecule is Clc1cc(C(Cl)C2COc3ccccc3O2)c(Cl)s1. The molecule has 0 amide bonds. The zero-order chi connectivity index (χ0) is 13.4. The third-order valence-electron chi connectivity index (χ3n) is 2.84. The lowest BCUT2D eigenvalue weighted by molar-refractivity contribution is 0.0878. The van der Waals surface area contributed by atoms with Crippen molar-refractivity contribution in [2.45, 2.75) is 11.5 Å². The smallest absolute Gasteiger partial charge is 0.161 e. The zero-order valence-corrected chi connectivity index (χ0v) is 12.7. The van der Waals surface area contributed by atoms with Crippen LogP contribution in [0.15, 0.2) is 30.3 Å². The molecule has 0 saturated carbocycles. The van der Waals surface area contributed by atoms with Gasteiger partial charge in [-0.3, -0.25) is 0 Å². The number of halogens is 3. The molecule has 0 bridgehead atoms. The van der Waals surface area contributed by atoms with Crippen molar-refractivity contribution >= 4 is 46.1 Å². The van der Waals surface area contributed by atoms with Crippen LogP contribution in [0.5, 0.6) is 11.5 Å². The van der Waals surface area contributed by atoms with Gasteiger partial charge in [-0.15, -0.1) is 22.9 Å². The van der Waals surface area contributed by atoms with Gasteiger partial charge in [-0.1, -0.05) is 35.3 Å². The van der Waals surface area contributed by atoms with E-state index < -0.39 is 5.38 Å². The molecule has 19 heavy (non-hydrogen) atoms. The Morgan fingerprint density at radius 3 is 2.63 bits per heavy atom. The third kappa shape index (κ3) is 2.65. The van der Waals surface area contributed by atoms with E-state index in [1.807, 2.05) is 24.3 Å². The number of thiophene rings is 1. The van der Waals surface area contributed by atoms with E-state index in [0.29, 0.717) is 21.0 Å². The Labute approximate surface area is 129 Å². The van der Waals surface area contributed by atoms with Gasteiger partial charge in [0.1, 0.15) is 12.0 Å². The van der Waals surface area contributed by atoms with E-state index >= 15 is 0 Å². The Kier molecular flexibility index (Phi) is 3.81. The summed E-state index contributed by atoms with van der Waals surface area (Å²) in [6.07, 6.45) is -0.292. The average Bonchev–Trinajstić information content (AvgIpc) is 2.76. The van der Waals surface area contributed by atoms with Gasteiger partial charge in [0.2, 0.25) is 0 Å². The van der Waals surface area contributed by atoms with E-state index in [-0.39, 0.29) is 6.10 Å². The van der Waals surface area contributed by atoms with Crippen molar-refractivity contribution in [3.05, 3.63) is 44.6 Å². The lowest BCUT2D eigenvalue weighted by atomic mass is 10.1. The molecule has 1 aliphatic rings. The molecule has 6 heteroatoms. The Hall–Kier alpha value is -0.610. The highest BCUT2D eigenvalue weighted by molar-refractivity contribution is 7.20. The number of rotatable bonds is 2. The molecule has 2 atom stereocenters. The fraction of sp³-hybridized carbons (Fsp3) is 0.231. The molecule has 0 radical (unpaired) electrons. The summed E-state index contributed by atoms with van der Waals surface area (Å²) in [6.45, 7) is 0.384. The number of alkyl halides is 1. The van der Waals surface area contributed by atoms with Crippen LogP contribution in [0.3, 0.4) is 0 Å². The molecule has 1 aliphatic heterocycles. The molecule has 2 unspecified atom stereocenters. The van der Waals surface area contributed by atoms with Gasteiger partial charge in [0.05, 0.1) is 8.67 Å². The molecule has 100 valence electrons. The van der Waals surface area contributed by atoms with Gasteiger partial charge in [0.25, 0.3) is 0 Å². The second-order valence-electron chi connectivity index (χ2n) is 4.10. The van der Waals surface area contributed by atoms with E-state index in [2.05, 4.69) is 0 Å². The van der Waals surface area contributed by atoms with Crippen molar-refractivity contribution in [1.82, 2.24) is 0 Å². The number of fused-ring (bicyclic) bond motifs is 1. The maximum absolute atomic E-state index is 6.43. The molecule has 2 heterocycles. The first-order chi connectivity index (χ1) is 9.15. The average molecular weight is 336 g/mol. The molecule has 3 rings (SSSR count). The zero-order valence-electron chi connectivity index (χ0n) is 9.61. The summed E-state index contributed by atoms with van der Waals surface area (Å²) in [5, 5.41) is -0.399. The third-order valence-corrected chi connectivity index (χ3v) is 4.87. The monoisotopic (exact) mass is 334 g/mol. The summed E-state index contributed by atoms with van der Waals surface area (Å²) in [7, 11) is 0. The first kappa shape index (κ1) is 13.4.